The summed E-state index contributed by atoms with van der Waals surface area (Å²) < 4.78 is 23.0. The molecule has 0 aliphatic rings. The zero-order valence-corrected chi connectivity index (χ0v) is 13.5. The number of rotatable bonds is 7. The second-order valence-corrected chi connectivity index (χ2v) is 7.06. The number of phenols is 1. The first kappa shape index (κ1) is 16.7. The van der Waals surface area contributed by atoms with Crippen molar-refractivity contribution < 1.29 is 18.7 Å². The molecular formula is C16H20NO4P. The van der Waals surface area contributed by atoms with Crippen LogP contribution in [0.1, 0.15) is 16.9 Å². The third kappa shape index (κ3) is 3.76. The maximum Gasteiger partial charge on any atom is 0.351 e. The van der Waals surface area contributed by atoms with Crippen LogP contribution < -0.4 is 5.32 Å². The molecule has 1 atom stereocenters. The number of para-hydroxylation sites is 1. The van der Waals surface area contributed by atoms with Crippen molar-refractivity contribution in [2.45, 2.75) is 12.3 Å². The highest BCUT2D eigenvalue weighted by molar-refractivity contribution is 7.54. The number of nitrogens with one attached hydrogen (secondary N) is 1. The molecular weight excluding hydrogens is 301 g/mol. The quantitative estimate of drug-likeness (QED) is 0.762. The number of hydrogen-bond acceptors (Lipinski definition) is 5. The Morgan fingerprint density at radius 3 is 2.23 bits per heavy atom. The van der Waals surface area contributed by atoms with Crippen LogP contribution in [0.4, 0.5) is 0 Å². The van der Waals surface area contributed by atoms with Crippen molar-refractivity contribution in [1.29, 1.82) is 0 Å². The predicted octanol–water partition coefficient (Wildman–Crippen LogP) is 3.67. The second-order valence-electron chi connectivity index (χ2n) is 4.73. The van der Waals surface area contributed by atoms with Gasteiger partial charge in [0.1, 0.15) is 11.5 Å². The Bertz CT molecular complexity index is 640. The molecule has 6 heteroatoms. The highest BCUT2D eigenvalue weighted by Crippen LogP contribution is 2.59. The molecule has 0 saturated heterocycles. The molecule has 0 amide bonds. The summed E-state index contributed by atoms with van der Waals surface area (Å²) in [7, 11) is -0.779. The Hall–Kier alpha value is -1.65. The van der Waals surface area contributed by atoms with Crippen LogP contribution in [0.25, 0.3) is 0 Å². The fourth-order valence-corrected chi connectivity index (χ4v) is 3.65. The van der Waals surface area contributed by atoms with Gasteiger partial charge in [-0.15, -0.1) is 0 Å². The molecule has 2 aromatic carbocycles. The van der Waals surface area contributed by atoms with Gasteiger partial charge in [-0.05, 0) is 11.6 Å². The van der Waals surface area contributed by atoms with Crippen molar-refractivity contribution in [3.05, 3.63) is 65.7 Å². The molecule has 0 radical (unpaired) electrons. The fraction of sp³-hybridized carbons (Fsp3) is 0.250. The summed E-state index contributed by atoms with van der Waals surface area (Å²) >= 11 is 0. The smallest absolute Gasteiger partial charge is 0.351 e. The maximum absolute atomic E-state index is 12.8. The highest BCUT2D eigenvalue weighted by Gasteiger charge is 2.36. The van der Waals surface area contributed by atoms with E-state index in [1.807, 2.05) is 30.3 Å². The minimum atomic E-state index is -3.45. The minimum Gasteiger partial charge on any atom is -0.508 e. The van der Waals surface area contributed by atoms with E-state index < -0.39 is 13.4 Å². The van der Waals surface area contributed by atoms with Crippen LogP contribution in [0, 0.1) is 0 Å². The fourth-order valence-electron chi connectivity index (χ4n) is 2.21. The molecule has 118 valence electrons. The molecule has 0 saturated carbocycles. The lowest BCUT2D eigenvalue weighted by atomic mass is 10.2. The van der Waals surface area contributed by atoms with Gasteiger partial charge in [-0.1, -0.05) is 48.5 Å². The molecule has 0 spiro atoms. The van der Waals surface area contributed by atoms with Crippen LogP contribution in [0.5, 0.6) is 5.75 Å². The number of phenolic OH excluding ortho intramolecular Hbond substituents is 1. The van der Waals surface area contributed by atoms with E-state index in [1.165, 1.54) is 14.2 Å². The summed E-state index contributed by atoms with van der Waals surface area (Å²) in [6.07, 6.45) is 0. The number of hydrogen-bond donors (Lipinski definition) is 2. The van der Waals surface area contributed by atoms with Crippen LogP contribution in [0.3, 0.4) is 0 Å². The lowest BCUT2D eigenvalue weighted by Gasteiger charge is -2.26. The molecule has 1 unspecified atom stereocenters. The van der Waals surface area contributed by atoms with Crippen molar-refractivity contribution >= 4 is 7.60 Å². The summed E-state index contributed by atoms with van der Waals surface area (Å²) in [6.45, 7) is 0.469. The molecule has 5 nitrogen and oxygen atoms in total. The summed E-state index contributed by atoms with van der Waals surface area (Å²) in [4.78, 5) is 0. The SMILES string of the molecule is COP(=O)(OC)C(NCc1ccccc1)c1ccccc1O. The van der Waals surface area contributed by atoms with E-state index in [1.54, 1.807) is 24.3 Å². The van der Waals surface area contributed by atoms with Crippen molar-refractivity contribution in [2.75, 3.05) is 14.2 Å². The summed E-state index contributed by atoms with van der Waals surface area (Å²) in [5.74, 6) is -0.716. The molecule has 2 rings (SSSR count). The molecule has 0 fully saturated rings. The van der Waals surface area contributed by atoms with Crippen LogP contribution in [-0.4, -0.2) is 19.3 Å². The molecule has 2 N–H and O–H groups in total. The highest BCUT2D eigenvalue weighted by atomic mass is 31.2. The van der Waals surface area contributed by atoms with Crippen molar-refractivity contribution in [3.8, 4) is 5.75 Å². The van der Waals surface area contributed by atoms with E-state index in [-0.39, 0.29) is 5.75 Å². The average molecular weight is 321 g/mol. The van der Waals surface area contributed by atoms with Gasteiger partial charge in [0.15, 0.2) is 0 Å². The predicted molar refractivity (Wildman–Crippen MR) is 85.8 cm³/mol. The van der Waals surface area contributed by atoms with E-state index in [2.05, 4.69) is 5.32 Å². The molecule has 0 heterocycles. The van der Waals surface area contributed by atoms with Gasteiger partial charge in [0.25, 0.3) is 0 Å². The van der Waals surface area contributed by atoms with Crippen LogP contribution >= 0.6 is 7.60 Å². The largest absolute Gasteiger partial charge is 0.508 e. The topological polar surface area (TPSA) is 67.8 Å². The molecule has 22 heavy (non-hydrogen) atoms. The van der Waals surface area contributed by atoms with Crippen LogP contribution in [0.2, 0.25) is 0 Å². The van der Waals surface area contributed by atoms with Crippen molar-refractivity contribution in [1.82, 2.24) is 5.32 Å². The first-order valence-electron chi connectivity index (χ1n) is 6.87. The Kier molecular flexibility index (Phi) is 5.75. The summed E-state index contributed by atoms with van der Waals surface area (Å²) in [5, 5.41) is 13.2. The van der Waals surface area contributed by atoms with Gasteiger partial charge >= 0.3 is 7.60 Å². The van der Waals surface area contributed by atoms with Gasteiger partial charge < -0.3 is 14.2 Å². The molecule has 0 bridgehead atoms. The second kappa shape index (κ2) is 7.56. The third-order valence-electron chi connectivity index (χ3n) is 3.40. The normalized spacial score (nSPS) is 13.0. The molecule has 0 aromatic heterocycles. The number of aromatic hydroxyl groups is 1. The zero-order valence-electron chi connectivity index (χ0n) is 12.6. The Balaban J connectivity index is 2.30. The van der Waals surface area contributed by atoms with Gasteiger partial charge in [-0.3, -0.25) is 9.88 Å². The Morgan fingerprint density at radius 2 is 1.64 bits per heavy atom. The first-order chi connectivity index (χ1) is 10.6. The molecule has 0 aliphatic carbocycles. The monoisotopic (exact) mass is 321 g/mol. The van der Waals surface area contributed by atoms with Crippen LogP contribution in [-0.2, 0) is 20.2 Å². The standard InChI is InChI=1S/C16H20NO4P/c1-20-22(19,21-2)16(14-10-6-7-11-15(14)18)17-12-13-8-4-3-5-9-13/h3-11,16-18H,12H2,1-2H3. The minimum absolute atomic E-state index is 0.0439. The van der Waals surface area contributed by atoms with Crippen molar-refractivity contribution in [3.63, 3.8) is 0 Å². The lowest BCUT2D eigenvalue weighted by molar-refractivity contribution is 0.258. The van der Waals surface area contributed by atoms with Gasteiger partial charge in [0, 0.05) is 26.3 Å². The molecule has 2 aromatic rings. The van der Waals surface area contributed by atoms with Crippen molar-refractivity contribution in [2.24, 2.45) is 0 Å². The van der Waals surface area contributed by atoms with Gasteiger partial charge in [-0.2, -0.15) is 0 Å². The van der Waals surface area contributed by atoms with E-state index in [0.29, 0.717) is 12.1 Å². The number of benzene rings is 2. The van der Waals surface area contributed by atoms with Gasteiger partial charge in [-0.25, -0.2) is 0 Å². The van der Waals surface area contributed by atoms with E-state index in [4.69, 9.17) is 9.05 Å². The third-order valence-corrected chi connectivity index (χ3v) is 5.51. The summed E-state index contributed by atoms with van der Waals surface area (Å²) in [5.41, 5.74) is 1.51. The average Bonchev–Trinajstić information content (AvgIpc) is 2.57. The van der Waals surface area contributed by atoms with E-state index in [0.717, 1.165) is 5.56 Å². The van der Waals surface area contributed by atoms with E-state index in [9.17, 15) is 9.67 Å². The zero-order chi connectivity index (χ0) is 16.0. The lowest BCUT2D eigenvalue weighted by Crippen LogP contribution is -2.22. The Labute approximate surface area is 130 Å². The van der Waals surface area contributed by atoms with Crippen LogP contribution in [0.15, 0.2) is 54.6 Å². The van der Waals surface area contributed by atoms with Gasteiger partial charge in [0.05, 0.1) is 0 Å². The van der Waals surface area contributed by atoms with E-state index >= 15 is 0 Å². The van der Waals surface area contributed by atoms with Gasteiger partial charge in [0.2, 0.25) is 0 Å². The maximum atomic E-state index is 12.8. The molecule has 0 aliphatic heterocycles. The Morgan fingerprint density at radius 1 is 1.05 bits per heavy atom. The summed E-state index contributed by atoms with van der Waals surface area (Å²) in [6, 6.07) is 16.4. The first-order valence-corrected chi connectivity index (χ1v) is 8.48.